The summed E-state index contributed by atoms with van der Waals surface area (Å²) in [5.41, 5.74) is 9.06. The number of hydrogen-bond donors (Lipinski definition) is 1. The molecule has 1 spiro atoms. The Morgan fingerprint density at radius 3 is 2.86 bits per heavy atom. The maximum atomic E-state index is 6.48. The quantitative estimate of drug-likeness (QED) is 0.853. The van der Waals surface area contributed by atoms with Gasteiger partial charge in [-0.3, -0.25) is 0 Å². The van der Waals surface area contributed by atoms with E-state index < -0.39 is 5.79 Å². The van der Waals surface area contributed by atoms with Crippen LogP contribution in [0.3, 0.4) is 0 Å². The van der Waals surface area contributed by atoms with Gasteiger partial charge in [-0.1, -0.05) is 6.07 Å². The van der Waals surface area contributed by atoms with Crippen molar-refractivity contribution in [3.8, 4) is 11.5 Å². The number of ether oxygens (including phenoxy) is 4. The zero-order valence-electron chi connectivity index (χ0n) is 12.7. The van der Waals surface area contributed by atoms with E-state index in [4.69, 9.17) is 24.7 Å². The van der Waals surface area contributed by atoms with Crippen LogP contribution in [0.5, 0.6) is 11.5 Å². The topological polar surface area (TPSA) is 62.9 Å². The van der Waals surface area contributed by atoms with Crippen molar-refractivity contribution in [3.05, 3.63) is 23.3 Å². The van der Waals surface area contributed by atoms with E-state index in [1.54, 1.807) is 7.11 Å². The van der Waals surface area contributed by atoms with Crippen LogP contribution in [0.15, 0.2) is 12.1 Å². The summed E-state index contributed by atoms with van der Waals surface area (Å²) >= 11 is 0. The van der Waals surface area contributed by atoms with Crippen molar-refractivity contribution in [1.82, 2.24) is 0 Å². The molecule has 5 nitrogen and oxygen atoms in total. The highest BCUT2D eigenvalue weighted by molar-refractivity contribution is 5.58. The fourth-order valence-electron chi connectivity index (χ4n) is 4.95. The highest BCUT2D eigenvalue weighted by Crippen LogP contribution is 2.59. The second kappa shape index (κ2) is 4.37. The summed E-state index contributed by atoms with van der Waals surface area (Å²) < 4.78 is 23.9. The largest absolute Gasteiger partial charge is 0.493 e. The molecule has 5 rings (SSSR count). The lowest BCUT2D eigenvalue weighted by Gasteiger charge is -2.47. The molecular formula is C17H21NO4. The average Bonchev–Trinajstić information content (AvgIpc) is 3.14. The lowest BCUT2D eigenvalue weighted by molar-refractivity contribution is -0.236. The normalized spacial score (nSPS) is 37.0. The molecule has 2 heterocycles. The summed E-state index contributed by atoms with van der Waals surface area (Å²) in [6.07, 6.45) is 2.70. The highest BCUT2D eigenvalue weighted by atomic mass is 16.8. The third kappa shape index (κ3) is 1.49. The zero-order chi connectivity index (χ0) is 14.9. The molecule has 0 bridgehead atoms. The van der Waals surface area contributed by atoms with E-state index >= 15 is 0 Å². The van der Waals surface area contributed by atoms with Gasteiger partial charge in [-0.25, -0.2) is 0 Å². The maximum Gasteiger partial charge on any atom is 0.206 e. The van der Waals surface area contributed by atoms with Crippen LogP contribution >= 0.6 is 0 Å². The molecule has 5 heteroatoms. The van der Waals surface area contributed by atoms with Crippen LogP contribution in [0, 0.1) is 5.92 Å². The summed E-state index contributed by atoms with van der Waals surface area (Å²) in [6.45, 7) is 1.28. The van der Waals surface area contributed by atoms with Gasteiger partial charge in [-0.05, 0) is 30.4 Å². The van der Waals surface area contributed by atoms with E-state index in [0.717, 1.165) is 30.8 Å². The van der Waals surface area contributed by atoms with Gasteiger partial charge in [0, 0.05) is 23.9 Å². The number of fused-ring (bicyclic) bond motifs is 1. The number of nitrogens with two attached hydrogens (primary N) is 1. The second-order valence-electron chi connectivity index (χ2n) is 6.81. The maximum absolute atomic E-state index is 6.48. The van der Waals surface area contributed by atoms with Gasteiger partial charge < -0.3 is 24.7 Å². The standard InChI is InChI=1S/C17H21NO4/c1-19-12-3-2-9-8-11(18)10-4-5-17(20-6-7-21-17)16-14(10)13(9)15(12)22-16/h2-3,10-11,14,16H,4-8,18H2,1H3/t10?,11?,14?,16-/m0/s1. The minimum Gasteiger partial charge on any atom is -0.493 e. The summed E-state index contributed by atoms with van der Waals surface area (Å²) in [4.78, 5) is 0. The summed E-state index contributed by atoms with van der Waals surface area (Å²) in [7, 11) is 1.69. The van der Waals surface area contributed by atoms with Gasteiger partial charge in [0.25, 0.3) is 0 Å². The van der Waals surface area contributed by atoms with E-state index in [9.17, 15) is 0 Å². The molecule has 1 saturated carbocycles. The van der Waals surface area contributed by atoms with Crippen LogP contribution in [0.4, 0.5) is 0 Å². The molecule has 1 aromatic carbocycles. The van der Waals surface area contributed by atoms with E-state index in [0.29, 0.717) is 19.1 Å². The zero-order valence-corrected chi connectivity index (χ0v) is 12.7. The Morgan fingerprint density at radius 1 is 1.27 bits per heavy atom. The first kappa shape index (κ1) is 13.2. The molecule has 0 amide bonds. The molecule has 4 atom stereocenters. The van der Waals surface area contributed by atoms with E-state index in [2.05, 4.69) is 6.07 Å². The molecule has 3 unspecified atom stereocenters. The lowest BCUT2D eigenvalue weighted by Crippen LogP contribution is -2.57. The molecule has 1 saturated heterocycles. The first-order valence-electron chi connectivity index (χ1n) is 8.13. The molecule has 118 valence electrons. The molecule has 2 N–H and O–H groups in total. The van der Waals surface area contributed by atoms with Crippen LogP contribution in [-0.2, 0) is 15.9 Å². The van der Waals surface area contributed by atoms with Crippen molar-refractivity contribution < 1.29 is 18.9 Å². The summed E-state index contributed by atoms with van der Waals surface area (Å²) in [5.74, 6) is 1.78. The van der Waals surface area contributed by atoms with Gasteiger partial charge in [0.2, 0.25) is 5.79 Å². The van der Waals surface area contributed by atoms with Crippen molar-refractivity contribution in [1.29, 1.82) is 0 Å². The van der Waals surface area contributed by atoms with Gasteiger partial charge >= 0.3 is 0 Å². The van der Waals surface area contributed by atoms with Crippen molar-refractivity contribution in [2.24, 2.45) is 11.7 Å². The molecule has 2 aliphatic carbocycles. The van der Waals surface area contributed by atoms with Gasteiger partial charge in [0.1, 0.15) is 0 Å². The third-order valence-electron chi connectivity index (χ3n) is 5.88. The fraction of sp³-hybridized carbons (Fsp3) is 0.647. The van der Waals surface area contributed by atoms with Gasteiger partial charge in [0.05, 0.1) is 20.3 Å². The molecular weight excluding hydrogens is 282 g/mol. The first-order chi connectivity index (χ1) is 10.7. The first-order valence-corrected chi connectivity index (χ1v) is 8.13. The summed E-state index contributed by atoms with van der Waals surface area (Å²) in [6, 6.07) is 4.31. The van der Waals surface area contributed by atoms with Gasteiger partial charge in [-0.2, -0.15) is 0 Å². The van der Waals surface area contributed by atoms with Crippen molar-refractivity contribution >= 4 is 0 Å². The molecule has 2 aliphatic heterocycles. The number of hydrogen-bond acceptors (Lipinski definition) is 5. The Labute approximate surface area is 129 Å². The Kier molecular flexibility index (Phi) is 2.62. The van der Waals surface area contributed by atoms with Crippen molar-refractivity contribution in [3.63, 3.8) is 0 Å². The van der Waals surface area contributed by atoms with E-state index in [-0.39, 0.29) is 18.1 Å². The lowest BCUT2D eigenvalue weighted by atomic mass is 9.64. The Morgan fingerprint density at radius 2 is 2.09 bits per heavy atom. The molecule has 2 fully saturated rings. The summed E-state index contributed by atoms with van der Waals surface area (Å²) in [5, 5.41) is 0. The van der Waals surface area contributed by atoms with Crippen LogP contribution in [0.1, 0.15) is 29.9 Å². The van der Waals surface area contributed by atoms with Crippen molar-refractivity contribution in [2.75, 3.05) is 20.3 Å². The number of methoxy groups -OCH3 is 1. The van der Waals surface area contributed by atoms with Gasteiger partial charge in [-0.15, -0.1) is 0 Å². The monoisotopic (exact) mass is 303 g/mol. The minimum atomic E-state index is -0.598. The predicted octanol–water partition coefficient (Wildman–Crippen LogP) is 1.58. The van der Waals surface area contributed by atoms with Crippen LogP contribution < -0.4 is 15.2 Å². The Bertz CT molecular complexity index is 625. The number of rotatable bonds is 1. The fourth-order valence-corrected chi connectivity index (χ4v) is 4.95. The van der Waals surface area contributed by atoms with Gasteiger partial charge in [0.15, 0.2) is 17.6 Å². The molecule has 1 aromatic rings. The molecule has 0 aromatic heterocycles. The molecule has 22 heavy (non-hydrogen) atoms. The molecule has 0 radical (unpaired) electrons. The van der Waals surface area contributed by atoms with Crippen LogP contribution in [-0.4, -0.2) is 38.3 Å². The second-order valence-corrected chi connectivity index (χ2v) is 6.81. The number of benzene rings is 1. The van der Waals surface area contributed by atoms with Crippen LogP contribution in [0.25, 0.3) is 0 Å². The van der Waals surface area contributed by atoms with Crippen LogP contribution in [0.2, 0.25) is 0 Å². The highest BCUT2D eigenvalue weighted by Gasteiger charge is 2.61. The van der Waals surface area contributed by atoms with E-state index in [1.165, 1.54) is 11.1 Å². The average molecular weight is 303 g/mol. The molecule has 4 aliphatic rings. The smallest absolute Gasteiger partial charge is 0.206 e. The van der Waals surface area contributed by atoms with Crippen molar-refractivity contribution in [2.45, 2.75) is 43.1 Å². The van der Waals surface area contributed by atoms with E-state index in [1.807, 2.05) is 6.07 Å². The third-order valence-corrected chi connectivity index (χ3v) is 5.88. The Hall–Kier alpha value is -1.30. The predicted molar refractivity (Wildman–Crippen MR) is 79.2 cm³/mol. The Balaban J connectivity index is 1.68. The minimum absolute atomic E-state index is 0.106. The SMILES string of the molecule is COc1ccc2c3c1O[C@H]1C3C(CCC13OCCO3)C(N)C2.